The summed E-state index contributed by atoms with van der Waals surface area (Å²) in [5.41, 5.74) is 3.47. The Morgan fingerprint density at radius 3 is 2.65 bits per heavy atom. The van der Waals surface area contributed by atoms with E-state index in [-0.39, 0.29) is 11.9 Å². The minimum atomic E-state index is -0.00298. The molecule has 1 aliphatic rings. The van der Waals surface area contributed by atoms with Crippen LogP contribution in [0.2, 0.25) is 0 Å². The summed E-state index contributed by atoms with van der Waals surface area (Å²) in [5.74, 6) is -0.00298. The van der Waals surface area contributed by atoms with Crippen molar-refractivity contribution in [3.05, 3.63) is 65.5 Å². The van der Waals surface area contributed by atoms with Gasteiger partial charge in [-0.3, -0.25) is 9.78 Å². The van der Waals surface area contributed by atoms with E-state index in [2.05, 4.69) is 34.6 Å². The van der Waals surface area contributed by atoms with Crippen LogP contribution >= 0.6 is 0 Å². The standard InChI is InChI=1S/C17H18N2O/c20-17(14-8-10-18-11-9-14)19-16-7-3-6-13-4-1-2-5-15(13)12-16/h1-2,4-5,8-11,16H,3,6-7,12H2,(H,19,20). The van der Waals surface area contributed by atoms with E-state index in [4.69, 9.17) is 0 Å². The number of carbonyl (C=O) groups excluding carboxylic acids is 1. The zero-order valence-electron chi connectivity index (χ0n) is 11.4. The molecule has 0 aliphatic heterocycles. The van der Waals surface area contributed by atoms with Crippen LogP contribution in [0.25, 0.3) is 0 Å². The van der Waals surface area contributed by atoms with Crippen molar-refractivity contribution in [1.82, 2.24) is 10.3 Å². The molecule has 3 nitrogen and oxygen atoms in total. The zero-order valence-corrected chi connectivity index (χ0v) is 11.4. The molecule has 0 bridgehead atoms. The molecule has 0 saturated heterocycles. The predicted molar refractivity (Wildman–Crippen MR) is 78.6 cm³/mol. The summed E-state index contributed by atoms with van der Waals surface area (Å²) in [6.45, 7) is 0. The Morgan fingerprint density at radius 1 is 1.10 bits per heavy atom. The Hall–Kier alpha value is -2.16. The van der Waals surface area contributed by atoms with Crippen molar-refractivity contribution < 1.29 is 4.79 Å². The molecular formula is C17H18N2O. The smallest absolute Gasteiger partial charge is 0.251 e. The first-order valence-electron chi connectivity index (χ1n) is 7.10. The van der Waals surface area contributed by atoms with Crippen LogP contribution in [0, 0.1) is 0 Å². The third-order valence-corrected chi connectivity index (χ3v) is 3.86. The molecule has 3 heteroatoms. The fourth-order valence-corrected chi connectivity index (χ4v) is 2.80. The van der Waals surface area contributed by atoms with Gasteiger partial charge in [0.2, 0.25) is 0 Å². The molecule has 0 fully saturated rings. The fraction of sp³-hybridized carbons (Fsp3) is 0.294. The van der Waals surface area contributed by atoms with Crippen LogP contribution in [0.5, 0.6) is 0 Å². The number of pyridine rings is 1. The number of aromatic nitrogens is 1. The van der Waals surface area contributed by atoms with Crippen molar-refractivity contribution in [2.24, 2.45) is 0 Å². The lowest BCUT2D eigenvalue weighted by Gasteiger charge is -2.17. The second-order valence-corrected chi connectivity index (χ2v) is 5.27. The molecule has 1 heterocycles. The van der Waals surface area contributed by atoms with Crippen molar-refractivity contribution >= 4 is 5.91 Å². The number of nitrogens with one attached hydrogen (secondary N) is 1. The predicted octanol–water partition coefficient (Wildman–Crippen LogP) is 2.76. The highest BCUT2D eigenvalue weighted by atomic mass is 16.1. The van der Waals surface area contributed by atoms with Gasteiger partial charge in [-0.15, -0.1) is 0 Å². The van der Waals surface area contributed by atoms with E-state index < -0.39 is 0 Å². The monoisotopic (exact) mass is 266 g/mol. The Kier molecular flexibility index (Phi) is 3.77. The molecule has 1 N–H and O–H groups in total. The highest BCUT2D eigenvalue weighted by Crippen LogP contribution is 2.20. The summed E-state index contributed by atoms with van der Waals surface area (Å²) in [6.07, 6.45) is 7.49. The number of nitrogens with zero attached hydrogens (tertiary/aromatic N) is 1. The van der Waals surface area contributed by atoms with E-state index in [1.54, 1.807) is 24.5 Å². The van der Waals surface area contributed by atoms with Gasteiger partial charge in [0.25, 0.3) is 5.91 Å². The SMILES string of the molecule is O=C(NC1CCCc2ccccc2C1)c1ccncc1. The van der Waals surface area contributed by atoms with Crippen LogP contribution < -0.4 is 5.32 Å². The maximum atomic E-state index is 12.2. The average Bonchev–Trinajstić information content (AvgIpc) is 2.69. The Balaban J connectivity index is 1.71. The molecule has 0 radical (unpaired) electrons. The molecule has 102 valence electrons. The summed E-state index contributed by atoms with van der Waals surface area (Å²) in [7, 11) is 0. The number of hydrogen-bond acceptors (Lipinski definition) is 2. The topological polar surface area (TPSA) is 42.0 Å². The number of rotatable bonds is 2. The number of aryl methyl sites for hydroxylation is 1. The maximum Gasteiger partial charge on any atom is 0.251 e. The first-order valence-corrected chi connectivity index (χ1v) is 7.10. The van der Waals surface area contributed by atoms with Gasteiger partial charge in [0.1, 0.15) is 0 Å². The normalized spacial score (nSPS) is 17.9. The van der Waals surface area contributed by atoms with Gasteiger partial charge < -0.3 is 5.32 Å². The summed E-state index contributed by atoms with van der Waals surface area (Å²) in [4.78, 5) is 16.1. The van der Waals surface area contributed by atoms with E-state index in [0.717, 1.165) is 25.7 Å². The van der Waals surface area contributed by atoms with Crippen LogP contribution in [0.3, 0.4) is 0 Å². The van der Waals surface area contributed by atoms with Crippen LogP contribution in [0.4, 0.5) is 0 Å². The molecule has 1 unspecified atom stereocenters. The van der Waals surface area contributed by atoms with Gasteiger partial charge in [0.15, 0.2) is 0 Å². The highest BCUT2D eigenvalue weighted by molar-refractivity contribution is 5.94. The van der Waals surface area contributed by atoms with Crippen molar-refractivity contribution in [2.45, 2.75) is 31.7 Å². The zero-order chi connectivity index (χ0) is 13.8. The van der Waals surface area contributed by atoms with Gasteiger partial charge >= 0.3 is 0 Å². The van der Waals surface area contributed by atoms with E-state index >= 15 is 0 Å². The van der Waals surface area contributed by atoms with E-state index in [1.165, 1.54) is 11.1 Å². The summed E-state index contributed by atoms with van der Waals surface area (Å²) in [6, 6.07) is 12.3. The van der Waals surface area contributed by atoms with Crippen molar-refractivity contribution in [1.29, 1.82) is 0 Å². The second-order valence-electron chi connectivity index (χ2n) is 5.27. The number of hydrogen-bond donors (Lipinski definition) is 1. The number of amides is 1. The number of carbonyl (C=O) groups is 1. The molecular weight excluding hydrogens is 248 g/mol. The number of fused-ring (bicyclic) bond motifs is 1. The van der Waals surface area contributed by atoms with Crippen LogP contribution in [0.15, 0.2) is 48.8 Å². The van der Waals surface area contributed by atoms with Gasteiger partial charge in [-0.25, -0.2) is 0 Å². The van der Waals surface area contributed by atoms with Crippen LogP contribution in [0.1, 0.15) is 34.3 Å². The summed E-state index contributed by atoms with van der Waals surface area (Å²) >= 11 is 0. The van der Waals surface area contributed by atoms with Gasteiger partial charge in [0, 0.05) is 24.0 Å². The lowest BCUT2D eigenvalue weighted by atomic mass is 10.0. The minimum Gasteiger partial charge on any atom is -0.349 e. The maximum absolute atomic E-state index is 12.2. The summed E-state index contributed by atoms with van der Waals surface area (Å²) in [5, 5.41) is 3.15. The van der Waals surface area contributed by atoms with Crippen molar-refractivity contribution in [3.8, 4) is 0 Å². The molecule has 1 aliphatic carbocycles. The van der Waals surface area contributed by atoms with Gasteiger partial charge in [-0.2, -0.15) is 0 Å². The van der Waals surface area contributed by atoms with Crippen LogP contribution in [-0.4, -0.2) is 16.9 Å². The third kappa shape index (κ3) is 2.87. The summed E-state index contributed by atoms with van der Waals surface area (Å²) < 4.78 is 0. The Bertz CT molecular complexity index is 595. The quantitative estimate of drug-likeness (QED) is 0.849. The minimum absolute atomic E-state index is 0.00298. The molecule has 20 heavy (non-hydrogen) atoms. The molecule has 1 amide bonds. The van der Waals surface area contributed by atoms with Gasteiger partial charge in [0.05, 0.1) is 0 Å². The molecule has 1 aromatic heterocycles. The van der Waals surface area contributed by atoms with E-state index in [9.17, 15) is 4.79 Å². The first-order chi connectivity index (χ1) is 9.83. The van der Waals surface area contributed by atoms with E-state index in [1.807, 2.05) is 0 Å². The van der Waals surface area contributed by atoms with Crippen LogP contribution in [-0.2, 0) is 12.8 Å². The van der Waals surface area contributed by atoms with E-state index in [0.29, 0.717) is 5.56 Å². The lowest BCUT2D eigenvalue weighted by molar-refractivity contribution is 0.0935. The number of benzene rings is 1. The third-order valence-electron chi connectivity index (χ3n) is 3.86. The largest absolute Gasteiger partial charge is 0.349 e. The molecule has 0 saturated carbocycles. The van der Waals surface area contributed by atoms with Crippen molar-refractivity contribution in [3.63, 3.8) is 0 Å². The molecule has 0 spiro atoms. The fourth-order valence-electron chi connectivity index (χ4n) is 2.80. The Morgan fingerprint density at radius 2 is 1.85 bits per heavy atom. The molecule has 1 aromatic carbocycles. The average molecular weight is 266 g/mol. The van der Waals surface area contributed by atoms with Crippen molar-refractivity contribution in [2.75, 3.05) is 0 Å². The molecule has 2 aromatic rings. The molecule has 1 atom stereocenters. The van der Waals surface area contributed by atoms with Gasteiger partial charge in [-0.1, -0.05) is 24.3 Å². The van der Waals surface area contributed by atoms with Gasteiger partial charge in [-0.05, 0) is 48.9 Å². The highest BCUT2D eigenvalue weighted by Gasteiger charge is 2.18. The second kappa shape index (κ2) is 5.87. The lowest BCUT2D eigenvalue weighted by Crippen LogP contribution is -2.36. The Labute approximate surface area is 119 Å². The molecule has 3 rings (SSSR count). The first kappa shape index (κ1) is 12.9.